The maximum absolute atomic E-state index is 12.0. The molecule has 1 heterocycles. The SMILES string of the molecule is COc1ccc(CN=C(NCC(=O)N(C)C)NCC(C(C)C)N2CCOCC2)cc1. The second-order valence-corrected chi connectivity index (χ2v) is 8.00. The summed E-state index contributed by atoms with van der Waals surface area (Å²) in [6.07, 6.45) is 0. The average Bonchev–Trinajstić information content (AvgIpc) is 2.75. The van der Waals surface area contributed by atoms with Gasteiger partial charge in [-0.15, -0.1) is 0 Å². The number of amides is 1. The third-order valence-electron chi connectivity index (χ3n) is 5.25. The molecule has 30 heavy (non-hydrogen) atoms. The lowest BCUT2D eigenvalue weighted by Crippen LogP contribution is -2.53. The lowest BCUT2D eigenvalue weighted by atomic mass is 10.0. The van der Waals surface area contributed by atoms with Gasteiger partial charge in [0.15, 0.2) is 5.96 Å². The third-order valence-corrected chi connectivity index (χ3v) is 5.25. The number of rotatable bonds is 9. The molecule has 1 aromatic carbocycles. The molecule has 0 spiro atoms. The molecule has 0 bridgehead atoms. The van der Waals surface area contributed by atoms with Gasteiger partial charge in [0.2, 0.25) is 5.91 Å². The molecule has 8 heteroatoms. The smallest absolute Gasteiger partial charge is 0.241 e. The summed E-state index contributed by atoms with van der Waals surface area (Å²) in [6.45, 7) is 9.37. The molecule has 1 unspecified atom stereocenters. The minimum absolute atomic E-state index is 0.00235. The van der Waals surface area contributed by atoms with Gasteiger partial charge in [0.05, 0.1) is 33.4 Å². The number of aliphatic imine (C=N–C) groups is 1. The summed E-state index contributed by atoms with van der Waals surface area (Å²) >= 11 is 0. The molecule has 1 aliphatic rings. The van der Waals surface area contributed by atoms with Gasteiger partial charge in [-0.25, -0.2) is 4.99 Å². The fraction of sp³-hybridized carbons (Fsp3) is 0.636. The van der Waals surface area contributed by atoms with Gasteiger partial charge < -0.3 is 25.0 Å². The molecule has 1 fully saturated rings. The van der Waals surface area contributed by atoms with Gasteiger partial charge in [-0.1, -0.05) is 26.0 Å². The first-order valence-electron chi connectivity index (χ1n) is 10.6. The van der Waals surface area contributed by atoms with Crippen LogP contribution >= 0.6 is 0 Å². The number of guanidine groups is 1. The Kier molecular flexibility index (Phi) is 9.89. The van der Waals surface area contributed by atoms with Crippen molar-refractivity contribution in [2.45, 2.75) is 26.4 Å². The van der Waals surface area contributed by atoms with E-state index >= 15 is 0 Å². The standard InChI is InChI=1S/C22H37N5O3/c1-17(2)20(27-10-12-30-13-11-27)15-24-22(25-16-21(28)26(3)4)23-14-18-6-8-19(29-5)9-7-18/h6-9,17,20H,10-16H2,1-5H3,(H2,23,24,25). The molecule has 0 aromatic heterocycles. The molecule has 2 rings (SSSR count). The van der Waals surface area contributed by atoms with Crippen LogP contribution in [0.5, 0.6) is 5.75 Å². The van der Waals surface area contributed by atoms with Gasteiger partial charge in [-0.2, -0.15) is 0 Å². The van der Waals surface area contributed by atoms with Gasteiger partial charge in [-0.05, 0) is 23.6 Å². The largest absolute Gasteiger partial charge is 0.497 e. The Morgan fingerprint density at radius 2 is 1.87 bits per heavy atom. The van der Waals surface area contributed by atoms with Crippen molar-refractivity contribution in [3.8, 4) is 5.75 Å². The van der Waals surface area contributed by atoms with E-state index in [1.807, 2.05) is 24.3 Å². The summed E-state index contributed by atoms with van der Waals surface area (Å²) in [4.78, 5) is 20.8. The number of hydrogen-bond donors (Lipinski definition) is 2. The molecule has 8 nitrogen and oxygen atoms in total. The predicted octanol–water partition coefficient (Wildman–Crippen LogP) is 1.18. The predicted molar refractivity (Wildman–Crippen MR) is 120 cm³/mol. The Morgan fingerprint density at radius 3 is 2.43 bits per heavy atom. The molecule has 1 aliphatic heterocycles. The highest BCUT2D eigenvalue weighted by Gasteiger charge is 2.24. The van der Waals surface area contributed by atoms with Crippen molar-refractivity contribution in [2.75, 3.05) is 60.6 Å². The molecule has 2 N–H and O–H groups in total. The van der Waals surface area contributed by atoms with Crippen LogP contribution in [0.3, 0.4) is 0 Å². The maximum atomic E-state index is 12.0. The molecule has 0 radical (unpaired) electrons. The number of carbonyl (C=O) groups is 1. The summed E-state index contributed by atoms with van der Waals surface area (Å²) in [5.74, 6) is 1.95. The minimum atomic E-state index is 0.00235. The van der Waals surface area contributed by atoms with Crippen molar-refractivity contribution in [3.63, 3.8) is 0 Å². The number of methoxy groups -OCH3 is 1. The molecule has 1 amide bonds. The van der Waals surface area contributed by atoms with Gasteiger partial charge in [0, 0.05) is 39.8 Å². The topological polar surface area (TPSA) is 78.4 Å². The van der Waals surface area contributed by atoms with Gasteiger partial charge in [0.25, 0.3) is 0 Å². The van der Waals surface area contributed by atoms with Crippen molar-refractivity contribution >= 4 is 11.9 Å². The Hall–Kier alpha value is -2.32. The second-order valence-electron chi connectivity index (χ2n) is 8.00. The number of nitrogens with one attached hydrogen (secondary N) is 2. The molecule has 1 aromatic rings. The number of benzene rings is 1. The molecule has 168 valence electrons. The summed E-state index contributed by atoms with van der Waals surface area (Å²) < 4.78 is 10.7. The van der Waals surface area contributed by atoms with Crippen molar-refractivity contribution in [2.24, 2.45) is 10.9 Å². The quantitative estimate of drug-likeness (QED) is 0.462. The number of nitrogens with zero attached hydrogens (tertiary/aromatic N) is 3. The number of morpholine rings is 1. The fourth-order valence-corrected chi connectivity index (χ4v) is 3.29. The normalized spacial score (nSPS) is 16.3. The summed E-state index contributed by atoms with van der Waals surface area (Å²) in [5, 5.41) is 6.62. The highest BCUT2D eigenvalue weighted by Crippen LogP contribution is 2.13. The highest BCUT2D eigenvalue weighted by atomic mass is 16.5. The van der Waals surface area contributed by atoms with Crippen LogP contribution in [0.4, 0.5) is 0 Å². The molecule has 0 saturated carbocycles. The molecule has 1 atom stereocenters. The van der Waals surface area contributed by atoms with E-state index in [0.717, 1.165) is 44.2 Å². The van der Waals surface area contributed by atoms with E-state index in [1.54, 1.807) is 26.1 Å². The first-order valence-corrected chi connectivity index (χ1v) is 10.6. The van der Waals surface area contributed by atoms with E-state index in [4.69, 9.17) is 14.5 Å². The van der Waals surface area contributed by atoms with Crippen molar-refractivity contribution in [3.05, 3.63) is 29.8 Å². The summed E-state index contributed by atoms with van der Waals surface area (Å²) in [5.41, 5.74) is 1.07. The van der Waals surface area contributed by atoms with Gasteiger partial charge in [0.1, 0.15) is 5.75 Å². The van der Waals surface area contributed by atoms with Gasteiger partial charge >= 0.3 is 0 Å². The Labute approximate surface area is 180 Å². The Bertz CT molecular complexity index is 670. The number of carbonyl (C=O) groups excluding carboxylic acids is 1. The van der Waals surface area contributed by atoms with E-state index in [1.165, 1.54) is 0 Å². The molecular formula is C22H37N5O3. The van der Waals surface area contributed by atoms with Crippen LogP contribution in [0.2, 0.25) is 0 Å². The molecular weight excluding hydrogens is 382 g/mol. The first kappa shape index (κ1) is 24.0. The van der Waals surface area contributed by atoms with E-state index in [9.17, 15) is 4.79 Å². The minimum Gasteiger partial charge on any atom is -0.497 e. The first-order chi connectivity index (χ1) is 14.4. The Morgan fingerprint density at radius 1 is 1.20 bits per heavy atom. The van der Waals surface area contributed by atoms with Gasteiger partial charge in [-0.3, -0.25) is 9.69 Å². The number of hydrogen-bond acceptors (Lipinski definition) is 5. The van der Waals surface area contributed by atoms with Crippen molar-refractivity contribution in [1.29, 1.82) is 0 Å². The lowest BCUT2D eigenvalue weighted by Gasteiger charge is -2.37. The second kappa shape index (κ2) is 12.4. The monoisotopic (exact) mass is 419 g/mol. The van der Waals surface area contributed by atoms with Crippen LogP contribution in [0.25, 0.3) is 0 Å². The van der Waals surface area contributed by atoms with Crippen LogP contribution in [0.15, 0.2) is 29.3 Å². The maximum Gasteiger partial charge on any atom is 0.241 e. The van der Waals surface area contributed by atoms with Crippen molar-refractivity contribution in [1.82, 2.24) is 20.4 Å². The van der Waals surface area contributed by atoms with E-state index in [2.05, 4.69) is 29.4 Å². The lowest BCUT2D eigenvalue weighted by molar-refractivity contribution is -0.127. The number of likely N-dealkylation sites (N-methyl/N-ethyl adjacent to an activating group) is 1. The van der Waals surface area contributed by atoms with Crippen LogP contribution in [0.1, 0.15) is 19.4 Å². The van der Waals surface area contributed by atoms with Crippen LogP contribution in [0, 0.1) is 5.92 Å². The van der Waals surface area contributed by atoms with E-state index in [-0.39, 0.29) is 12.5 Å². The molecule has 1 saturated heterocycles. The Balaban J connectivity index is 2.03. The number of ether oxygens (including phenoxy) is 2. The third kappa shape index (κ3) is 7.84. The fourth-order valence-electron chi connectivity index (χ4n) is 3.29. The summed E-state index contributed by atoms with van der Waals surface area (Å²) in [7, 11) is 5.15. The average molecular weight is 420 g/mol. The zero-order valence-corrected chi connectivity index (χ0v) is 19.0. The van der Waals surface area contributed by atoms with Crippen LogP contribution in [-0.4, -0.2) is 88.3 Å². The van der Waals surface area contributed by atoms with Crippen LogP contribution < -0.4 is 15.4 Å². The van der Waals surface area contributed by atoms with E-state index in [0.29, 0.717) is 24.5 Å². The molecule has 0 aliphatic carbocycles. The zero-order chi connectivity index (χ0) is 21.9. The van der Waals surface area contributed by atoms with Crippen LogP contribution in [-0.2, 0) is 16.1 Å². The van der Waals surface area contributed by atoms with E-state index < -0.39 is 0 Å². The highest BCUT2D eigenvalue weighted by molar-refractivity contribution is 5.86. The zero-order valence-electron chi connectivity index (χ0n) is 19.0. The summed E-state index contributed by atoms with van der Waals surface area (Å²) in [6, 6.07) is 8.21. The van der Waals surface area contributed by atoms with Crippen molar-refractivity contribution < 1.29 is 14.3 Å².